The van der Waals surface area contributed by atoms with Crippen LogP contribution in [0.3, 0.4) is 0 Å². The molecule has 0 aliphatic carbocycles. The highest BCUT2D eigenvalue weighted by Gasteiger charge is 2.43. The van der Waals surface area contributed by atoms with Crippen molar-refractivity contribution in [2.45, 2.75) is 26.1 Å². The Morgan fingerprint density at radius 1 is 1.29 bits per heavy atom. The van der Waals surface area contributed by atoms with Crippen molar-refractivity contribution in [2.24, 2.45) is 0 Å². The van der Waals surface area contributed by atoms with Crippen LogP contribution in [0.15, 0.2) is 30.3 Å². The smallest absolute Gasteiger partial charge is 0.275 e. The highest BCUT2D eigenvalue weighted by molar-refractivity contribution is 7.92. The number of sulfonamides is 1. The molecule has 2 aromatic carbocycles. The Balaban J connectivity index is 2.21. The molecule has 2 N–H and O–H groups in total. The maximum atomic E-state index is 14.9. The van der Waals surface area contributed by atoms with Crippen molar-refractivity contribution in [2.75, 3.05) is 15.9 Å². The van der Waals surface area contributed by atoms with E-state index in [0.717, 1.165) is 17.2 Å². The molecule has 0 bridgehead atoms. The van der Waals surface area contributed by atoms with Crippen LogP contribution in [0.25, 0.3) is 0 Å². The molecule has 0 aromatic heterocycles. The van der Waals surface area contributed by atoms with Gasteiger partial charge >= 0.3 is 0 Å². The molecular formula is C18H18ClFN2O5S. The van der Waals surface area contributed by atoms with Gasteiger partial charge in [-0.05, 0) is 37.6 Å². The number of rotatable bonds is 4. The molecule has 0 atom stereocenters. The van der Waals surface area contributed by atoms with Crippen LogP contribution in [0, 0.1) is 5.82 Å². The molecule has 1 amide bonds. The predicted molar refractivity (Wildman–Crippen MR) is 104 cm³/mol. The number of nitrogens with one attached hydrogen (secondary N) is 1. The first kappa shape index (κ1) is 20.4. The summed E-state index contributed by atoms with van der Waals surface area (Å²) in [4.78, 5) is 14.1. The quantitative estimate of drug-likeness (QED) is 0.779. The van der Waals surface area contributed by atoms with E-state index in [9.17, 15) is 22.7 Å². The van der Waals surface area contributed by atoms with Crippen molar-refractivity contribution in [3.8, 4) is 5.75 Å². The minimum absolute atomic E-state index is 0.00347. The number of fused-ring (bicyclic) bond motifs is 1. The summed E-state index contributed by atoms with van der Waals surface area (Å²) in [6.07, 6.45) is 0.940. The average Bonchev–Trinajstić information content (AvgIpc) is 2.55. The standard InChI is InChI=1S/C18H18ClFN2O5S/c1-18(2)17(24)22(12-4-5-13(19)10(6-12)9-23)16-14(20)7-11(8-15(16)27-18)21-28(3,25)26/h4-8,21,23H,9H2,1-3H3. The van der Waals surface area contributed by atoms with E-state index < -0.39 is 27.3 Å². The summed E-state index contributed by atoms with van der Waals surface area (Å²) in [7, 11) is -3.63. The summed E-state index contributed by atoms with van der Waals surface area (Å²) in [5, 5.41) is 9.76. The number of hydrogen-bond donors (Lipinski definition) is 2. The molecule has 2 aromatic rings. The summed E-state index contributed by atoms with van der Waals surface area (Å²) < 4.78 is 45.7. The second-order valence-electron chi connectivity index (χ2n) is 6.87. The third-order valence-electron chi connectivity index (χ3n) is 4.10. The van der Waals surface area contributed by atoms with E-state index >= 15 is 0 Å². The van der Waals surface area contributed by atoms with Crippen molar-refractivity contribution in [3.05, 3.63) is 46.7 Å². The van der Waals surface area contributed by atoms with Gasteiger partial charge in [-0.25, -0.2) is 12.8 Å². The zero-order valence-electron chi connectivity index (χ0n) is 15.3. The normalized spacial score (nSPS) is 15.8. The van der Waals surface area contributed by atoms with Crippen LogP contribution in [0.4, 0.5) is 21.5 Å². The summed E-state index contributed by atoms with van der Waals surface area (Å²) >= 11 is 6.01. The molecule has 1 heterocycles. The Morgan fingerprint density at radius 3 is 2.57 bits per heavy atom. The van der Waals surface area contributed by atoms with Gasteiger partial charge in [0, 0.05) is 22.8 Å². The first-order valence-corrected chi connectivity index (χ1v) is 10.4. The molecule has 0 saturated heterocycles. The minimum Gasteiger partial charge on any atom is -0.476 e. The fourth-order valence-electron chi connectivity index (χ4n) is 2.90. The van der Waals surface area contributed by atoms with E-state index in [0.29, 0.717) is 16.3 Å². The van der Waals surface area contributed by atoms with Gasteiger partial charge in [-0.1, -0.05) is 11.6 Å². The predicted octanol–water partition coefficient (Wildman–Crippen LogP) is 3.18. The Kier molecular flexibility index (Phi) is 5.03. The molecule has 3 rings (SSSR count). The van der Waals surface area contributed by atoms with Gasteiger partial charge in [-0.3, -0.25) is 14.4 Å². The van der Waals surface area contributed by atoms with E-state index in [2.05, 4.69) is 4.72 Å². The Labute approximate surface area is 166 Å². The van der Waals surface area contributed by atoms with Crippen LogP contribution >= 0.6 is 11.6 Å². The van der Waals surface area contributed by atoms with Crippen molar-refractivity contribution >= 4 is 44.6 Å². The zero-order chi connectivity index (χ0) is 20.9. The third-order valence-corrected chi connectivity index (χ3v) is 5.07. The number of carbonyl (C=O) groups is 1. The van der Waals surface area contributed by atoms with Crippen LogP contribution in [0.5, 0.6) is 5.75 Å². The average molecular weight is 429 g/mol. The second kappa shape index (κ2) is 6.91. The largest absolute Gasteiger partial charge is 0.476 e. The molecule has 0 unspecified atom stereocenters. The van der Waals surface area contributed by atoms with Crippen molar-refractivity contribution in [1.82, 2.24) is 0 Å². The number of benzene rings is 2. The molecule has 10 heteroatoms. The molecule has 1 aliphatic heterocycles. The summed E-state index contributed by atoms with van der Waals surface area (Å²) in [6, 6.07) is 6.77. The monoisotopic (exact) mass is 428 g/mol. The van der Waals surface area contributed by atoms with Crippen LogP contribution < -0.4 is 14.4 Å². The lowest BCUT2D eigenvalue weighted by atomic mass is 10.0. The van der Waals surface area contributed by atoms with Crippen LogP contribution in [0.2, 0.25) is 5.02 Å². The number of aliphatic hydroxyl groups is 1. The summed E-state index contributed by atoms with van der Waals surface area (Å²) in [5.41, 5.74) is -0.875. The van der Waals surface area contributed by atoms with Crippen molar-refractivity contribution < 1.29 is 27.4 Å². The Hall–Kier alpha value is -2.36. The Bertz CT molecular complexity index is 1070. The van der Waals surface area contributed by atoms with Gasteiger partial charge < -0.3 is 9.84 Å². The number of amides is 1. The van der Waals surface area contributed by atoms with E-state index in [1.807, 2.05) is 0 Å². The second-order valence-corrected chi connectivity index (χ2v) is 9.02. The van der Waals surface area contributed by atoms with E-state index in [1.54, 1.807) is 0 Å². The van der Waals surface area contributed by atoms with Gasteiger partial charge in [0.15, 0.2) is 11.4 Å². The lowest BCUT2D eigenvalue weighted by Crippen LogP contribution is -2.51. The topological polar surface area (TPSA) is 95.9 Å². The molecular weight excluding hydrogens is 411 g/mol. The van der Waals surface area contributed by atoms with E-state index in [-0.39, 0.29) is 23.7 Å². The van der Waals surface area contributed by atoms with Crippen molar-refractivity contribution in [1.29, 1.82) is 0 Å². The number of anilines is 3. The number of halogens is 2. The number of nitrogens with zero attached hydrogens (tertiary/aromatic N) is 1. The first-order valence-electron chi connectivity index (χ1n) is 8.17. The van der Waals surface area contributed by atoms with Crippen LogP contribution in [-0.4, -0.2) is 31.3 Å². The Morgan fingerprint density at radius 2 is 1.96 bits per heavy atom. The zero-order valence-corrected chi connectivity index (χ0v) is 16.9. The maximum Gasteiger partial charge on any atom is 0.275 e. The molecule has 150 valence electrons. The number of carbonyl (C=O) groups excluding carboxylic acids is 1. The molecule has 0 saturated carbocycles. The number of aliphatic hydroxyl groups excluding tert-OH is 1. The molecule has 0 spiro atoms. The minimum atomic E-state index is -3.63. The molecule has 28 heavy (non-hydrogen) atoms. The van der Waals surface area contributed by atoms with Gasteiger partial charge in [0.25, 0.3) is 5.91 Å². The van der Waals surface area contributed by atoms with Crippen LogP contribution in [0.1, 0.15) is 19.4 Å². The fraction of sp³-hybridized carbons (Fsp3) is 0.278. The molecule has 7 nitrogen and oxygen atoms in total. The molecule has 0 radical (unpaired) electrons. The third kappa shape index (κ3) is 3.78. The van der Waals surface area contributed by atoms with Gasteiger partial charge in [0.2, 0.25) is 10.0 Å². The summed E-state index contributed by atoms with van der Waals surface area (Å²) in [6.45, 7) is 2.67. The van der Waals surface area contributed by atoms with E-state index in [4.69, 9.17) is 16.3 Å². The lowest BCUT2D eigenvalue weighted by Gasteiger charge is -2.39. The van der Waals surface area contributed by atoms with Crippen LogP contribution in [-0.2, 0) is 21.4 Å². The lowest BCUT2D eigenvalue weighted by molar-refractivity contribution is -0.131. The maximum absolute atomic E-state index is 14.9. The molecule has 1 aliphatic rings. The van der Waals surface area contributed by atoms with Gasteiger partial charge in [0.1, 0.15) is 11.4 Å². The fourth-order valence-corrected chi connectivity index (χ4v) is 3.62. The number of ether oxygens (including phenoxy) is 1. The van der Waals surface area contributed by atoms with Gasteiger partial charge in [-0.2, -0.15) is 0 Å². The van der Waals surface area contributed by atoms with E-state index in [1.165, 1.54) is 38.1 Å². The molecule has 0 fully saturated rings. The first-order chi connectivity index (χ1) is 12.9. The number of hydrogen-bond acceptors (Lipinski definition) is 5. The SMILES string of the molecule is CC1(C)Oc2cc(NS(C)(=O)=O)cc(F)c2N(c2ccc(Cl)c(CO)c2)C1=O. The highest BCUT2D eigenvalue weighted by atomic mass is 35.5. The van der Waals surface area contributed by atoms with Gasteiger partial charge in [-0.15, -0.1) is 0 Å². The van der Waals surface area contributed by atoms with Gasteiger partial charge in [0.05, 0.1) is 18.6 Å². The highest BCUT2D eigenvalue weighted by Crippen LogP contribution is 2.45. The van der Waals surface area contributed by atoms with Crippen molar-refractivity contribution in [3.63, 3.8) is 0 Å². The summed E-state index contributed by atoms with van der Waals surface area (Å²) in [5.74, 6) is -1.39.